The van der Waals surface area contributed by atoms with Crippen LogP contribution in [0.25, 0.3) is 0 Å². The van der Waals surface area contributed by atoms with E-state index >= 15 is 0 Å². The Morgan fingerprint density at radius 1 is 0.952 bits per heavy atom. The van der Waals surface area contributed by atoms with Crippen LogP contribution in [0.2, 0.25) is 0 Å². The van der Waals surface area contributed by atoms with Crippen LogP contribution < -0.4 is 0 Å². The second kappa shape index (κ2) is 10.4. The van der Waals surface area contributed by atoms with Gasteiger partial charge in [0.2, 0.25) is 0 Å². The summed E-state index contributed by atoms with van der Waals surface area (Å²) in [6.45, 7) is 19.5. The second-order valence-electron chi connectivity index (χ2n) is 16.5. The van der Waals surface area contributed by atoms with E-state index in [9.17, 15) is 19.5 Å². The summed E-state index contributed by atoms with van der Waals surface area (Å²) in [5.41, 5.74) is -0.923. The molecule has 234 valence electrons. The highest BCUT2D eigenvalue weighted by atomic mass is 32.2. The molecule has 4 nitrogen and oxygen atoms in total. The molecule has 0 aromatic rings. The van der Waals surface area contributed by atoms with E-state index in [-0.39, 0.29) is 63.0 Å². The van der Waals surface area contributed by atoms with Crippen molar-refractivity contribution in [3.8, 4) is 0 Å². The number of Topliss-reactive ketones (excluding diaryl/α,β-unsaturated/α-hetero) is 2. The lowest BCUT2D eigenvalue weighted by Gasteiger charge is -2.69. The van der Waals surface area contributed by atoms with Gasteiger partial charge in [-0.05, 0) is 128 Å². The van der Waals surface area contributed by atoms with Crippen LogP contribution in [0.1, 0.15) is 127 Å². The van der Waals surface area contributed by atoms with E-state index in [4.69, 9.17) is 0 Å². The minimum absolute atomic E-state index is 0.0365. The van der Waals surface area contributed by atoms with E-state index in [1.54, 1.807) is 11.8 Å². The molecule has 8 atom stereocenters. The zero-order chi connectivity index (χ0) is 31.1. The number of carbonyl (C=O) groups is 3. The molecule has 4 saturated carbocycles. The van der Waals surface area contributed by atoms with Crippen molar-refractivity contribution in [2.75, 3.05) is 12.4 Å². The molecule has 0 aromatic carbocycles. The predicted octanol–water partition coefficient (Wildman–Crippen LogP) is 8.51. The van der Waals surface area contributed by atoms with Crippen LogP contribution in [-0.4, -0.2) is 34.8 Å². The van der Waals surface area contributed by atoms with Gasteiger partial charge in [0.25, 0.3) is 0 Å². The minimum Gasteiger partial charge on any atom is -0.395 e. The van der Waals surface area contributed by atoms with Gasteiger partial charge in [0, 0.05) is 5.92 Å². The van der Waals surface area contributed by atoms with Crippen molar-refractivity contribution in [3.63, 3.8) is 0 Å². The number of allylic oxidation sites excluding steroid dienone is 4. The summed E-state index contributed by atoms with van der Waals surface area (Å²) in [5.74, 6) is 0.743. The number of rotatable bonds is 6. The summed E-state index contributed by atoms with van der Waals surface area (Å²) in [4.78, 5) is 44.3. The average molecular weight is 597 g/mol. The Kier molecular flexibility index (Phi) is 8.00. The van der Waals surface area contributed by atoms with Gasteiger partial charge >= 0.3 is 0 Å². The summed E-state index contributed by atoms with van der Waals surface area (Å²) in [6.07, 6.45) is 12.3. The zero-order valence-corrected chi connectivity index (χ0v) is 28.7. The molecule has 0 heterocycles. The van der Waals surface area contributed by atoms with Gasteiger partial charge in [0.1, 0.15) is 0 Å². The third kappa shape index (κ3) is 4.13. The van der Waals surface area contributed by atoms with Crippen molar-refractivity contribution in [1.82, 2.24) is 0 Å². The smallest absolute Gasteiger partial charge is 0.177 e. The van der Waals surface area contributed by atoms with Crippen LogP contribution in [0.3, 0.4) is 0 Å². The monoisotopic (exact) mass is 596 g/mol. The fourth-order valence-electron chi connectivity index (χ4n) is 11.1. The molecule has 0 aromatic heterocycles. The molecule has 42 heavy (non-hydrogen) atoms. The van der Waals surface area contributed by atoms with Crippen LogP contribution in [0.15, 0.2) is 22.1 Å². The van der Waals surface area contributed by atoms with Crippen molar-refractivity contribution in [3.05, 3.63) is 22.1 Å². The number of aliphatic hydroxyl groups excluding tert-OH is 1. The second-order valence-corrected chi connectivity index (χ2v) is 17.8. The number of carbonyl (C=O) groups excluding carboxylic acids is 3. The fraction of sp³-hybridized carbons (Fsp3) is 0.811. The normalized spacial score (nSPS) is 45.8. The highest BCUT2D eigenvalue weighted by Crippen LogP contribution is 2.75. The van der Waals surface area contributed by atoms with Gasteiger partial charge in [0.05, 0.1) is 23.0 Å². The highest BCUT2D eigenvalue weighted by molar-refractivity contribution is 8.03. The molecule has 4 fully saturated rings. The predicted molar refractivity (Wildman–Crippen MR) is 172 cm³/mol. The maximum absolute atomic E-state index is 14.8. The number of hydrogen-bond donors (Lipinski definition) is 1. The standard InChI is InChI=1S/C37H56O4S/c1-10-12-19-42-23(3)28-30(40)33(6,22-38)26-13-14-34(7)27(36(26,9)31(28)41)20-25(39)29-24-21-32(4,5)15-17-37(24,11-2)18-16-35(29,34)8/h20,24,26,29,38H,10-19,21-22H2,1-9H3/b28-23-/t24?,26?,29?,33-,34?,35-,36?,37?/m1/s1. The fourth-order valence-corrected chi connectivity index (χ4v) is 12.1. The van der Waals surface area contributed by atoms with Gasteiger partial charge in [0.15, 0.2) is 17.3 Å². The average Bonchev–Trinajstić information content (AvgIpc) is 2.93. The maximum atomic E-state index is 14.8. The van der Waals surface area contributed by atoms with Gasteiger partial charge in [-0.2, -0.15) is 0 Å². The number of unbranched alkanes of at least 4 members (excludes halogenated alkanes) is 1. The zero-order valence-electron chi connectivity index (χ0n) is 27.9. The van der Waals surface area contributed by atoms with Crippen LogP contribution in [-0.2, 0) is 14.4 Å². The van der Waals surface area contributed by atoms with Gasteiger partial charge in [-0.3, -0.25) is 14.4 Å². The van der Waals surface area contributed by atoms with Crippen LogP contribution in [0, 0.1) is 50.2 Å². The summed E-state index contributed by atoms with van der Waals surface area (Å²) in [5, 5.41) is 10.8. The van der Waals surface area contributed by atoms with Crippen LogP contribution in [0.4, 0.5) is 0 Å². The third-order valence-corrected chi connectivity index (χ3v) is 15.3. The Bertz CT molecular complexity index is 1240. The van der Waals surface area contributed by atoms with Crippen LogP contribution in [0.5, 0.6) is 0 Å². The summed E-state index contributed by atoms with van der Waals surface area (Å²) >= 11 is 1.59. The molecular formula is C37H56O4S. The summed E-state index contributed by atoms with van der Waals surface area (Å²) < 4.78 is 0. The lowest BCUT2D eigenvalue weighted by molar-refractivity contribution is -0.177. The van der Waals surface area contributed by atoms with Gasteiger partial charge in [-0.1, -0.05) is 54.4 Å². The van der Waals surface area contributed by atoms with Crippen molar-refractivity contribution in [2.24, 2.45) is 50.2 Å². The molecule has 5 heteroatoms. The number of hydrogen-bond acceptors (Lipinski definition) is 5. The number of fused-ring (bicyclic) bond motifs is 7. The molecule has 1 N–H and O–H groups in total. The number of ketones is 3. The summed E-state index contributed by atoms with van der Waals surface area (Å²) in [6, 6.07) is 0. The van der Waals surface area contributed by atoms with Gasteiger partial charge < -0.3 is 5.11 Å². The number of aliphatic hydroxyl groups is 1. The van der Waals surface area contributed by atoms with Crippen molar-refractivity contribution < 1.29 is 19.5 Å². The third-order valence-electron chi connectivity index (χ3n) is 14.1. The molecule has 0 bridgehead atoms. The van der Waals surface area contributed by atoms with Crippen molar-refractivity contribution in [2.45, 2.75) is 127 Å². The lowest BCUT2D eigenvalue weighted by atomic mass is 9.33. The molecular weight excluding hydrogens is 540 g/mol. The number of thioether (sulfide) groups is 1. The van der Waals surface area contributed by atoms with Crippen molar-refractivity contribution in [1.29, 1.82) is 0 Å². The first-order valence-corrected chi connectivity index (χ1v) is 17.8. The summed E-state index contributed by atoms with van der Waals surface area (Å²) in [7, 11) is 0. The molecule has 0 aliphatic heterocycles. The van der Waals surface area contributed by atoms with E-state index in [0.29, 0.717) is 12.3 Å². The van der Waals surface area contributed by atoms with E-state index in [0.717, 1.165) is 61.2 Å². The molecule has 5 aliphatic rings. The molecule has 5 aliphatic carbocycles. The highest BCUT2D eigenvalue weighted by Gasteiger charge is 2.72. The van der Waals surface area contributed by atoms with E-state index in [2.05, 4.69) is 41.5 Å². The van der Waals surface area contributed by atoms with E-state index < -0.39 is 10.8 Å². The minimum atomic E-state index is -1.05. The van der Waals surface area contributed by atoms with E-state index in [1.807, 2.05) is 26.8 Å². The Hall–Kier alpha value is -1.20. The van der Waals surface area contributed by atoms with Gasteiger partial charge in [-0.15, -0.1) is 11.8 Å². The first kappa shape index (κ1) is 32.2. The Labute approximate surface area is 259 Å². The molecule has 6 unspecified atom stereocenters. The Balaban J connectivity index is 1.68. The SMILES string of the molecule is CCCCS/C(C)=C1\C(=O)C2(C)C3=CC(=O)C4C5CC(C)(C)CCC5(CC)CC[C@@]4(C)C3(C)CCC2[C@@](C)(CO)C1=O. The first-order valence-electron chi connectivity index (χ1n) is 16.8. The van der Waals surface area contributed by atoms with Crippen LogP contribution >= 0.6 is 11.8 Å². The Morgan fingerprint density at radius 2 is 1.62 bits per heavy atom. The quantitative estimate of drug-likeness (QED) is 0.189. The molecule has 0 amide bonds. The Morgan fingerprint density at radius 3 is 2.24 bits per heavy atom. The molecule has 0 radical (unpaired) electrons. The van der Waals surface area contributed by atoms with Gasteiger partial charge in [-0.25, -0.2) is 0 Å². The van der Waals surface area contributed by atoms with E-state index in [1.165, 1.54) is 12.8 Å². The molecule has 5 rings (SSSR count). The molecule has 0 spiro atoms. The largest absolute Gasteiger partial charge is 0.395 e. The topological polar surface area (TPSA) is 71.4 Å². The molecule has 0 saturated heterocycles. The van der Waals surface area contributed by atoms with Crippen molar-refractivity contribution >= 4 is 29.1 Å². The first-order chi connectivity index (χ1) is 19.5. The lowest BCUT2D eigenvalue weighted by Crippen LogP contribution is -2.67. The maximum Gasteiger partial charge on any atom is 0.177 e.